The van der Waals surface area contributed by atoms with Crippen LogP contribution in [0.2, 0.25) is 0 Å². The maximum atomic E-state index is 12.8. The number of Topliss-reactive ketones (excluding diaryl/α,β-unsaturated/α-hetero) is 1. The summed E-state index contributed by atoms with van der Waals surface area (Å²) < 4.78 is 4.96. The Labute approximate surface area is 193 Å². The summed E-state index contributed by atoms with van der Waals surface area (Å²) in [4.78, 5) is 61.3. The zero-order chi connectivity index (χ0) is 22.4. The number of non-ortho nitro benzene ring substituents is 1. The van der Waals surface area contributed by atoms with Gasteiger partial charge in [-0.2, -0.15) is 0 Å². The first-order valence-corrected chi connectivity index (χ1v) is 11.6. The first-order chi connectivity index (χ1) is 14.7. The molecule has 1 aromatic rings. The second-order valence-electron chi connectivity index (χ2n) is 7.97. The van der Waals surface area contributed by atoms with E-state index in [1.807, 2.05) is 0 Å². The third kappa shape index (κ3) is 3.82. The van der Waals surface area contributed by atoms with E-state index in [0.717, 1.165) is 11.3 Å². The van der Waals surface area contributed by atoms with E-state index in [-0.39, 0.29) is 69.4 Å². The SMILES string of the molecule is O=C(CCN1C(=O)[C@H]2[C@@H]3C[C@H]([C@@H](Br)[C@H]3Br)[C@@H]2C1=O)OCC(=O)c1ccc([N+](=O)[O-])cc1. The minimum atomic E-state index is -0.701. The van der Waals surface area contributed by atoms with E-state index >= 15 is 0 Å². The number of imide groups is 1. The van der Waals surface area contributed by atoms with Crippen LogP contribution in [0.3, 0.4) is 0 Å². The van der Waals surface area contributed by atoms with Crippen LogP contribution in [0.4, 0.5) is 5.69 Å². The van der Waals surface area contributed by atoms with Crippen molar-refractivity contribution in [2.24, 2.45) is 23.7 Å². The third-order valence-electron chi connectivity index (χ3n) is 6.38. The monoisotopic (exact) mass is 556 g/mol. The summed E-state index contributed by atoms with van der Waals surface area (Å²) in [6, 6.07) is 4.96. The Balaban J connectivity index is 1.28. The van der Waals surface area contributed by atoms with Crippen molar-refractivity contribution in [1.82, 2.24) is 4.90 Å². The number of fused-ring (bicyclic) bond motifs is 5. The number of halogens is 2. The van der Waals surface area contributed by atoms with Crippen molar-refractivity contribution >= 4 is 61.1 Å². The van der Waals surface area contributed by atoms with E-state index in [4.69, 9.17) is 4.74 Å². The van der Waals surface area contributed by atoms with Gasteiger partial charge in [-0.25, -0.2) is 0 Å². The van der Waals surface area contributed by atoms with Gasteiger partial charge in [0.05, 0.1) is 23.2 Å². The lowest BCUT2D eigenvalue weighted by atomic mass is 9.81. The molecule has 1 saturated heterocycles. The van der Waals surface area contributed by atoms with Gasteiger partial charge in [0.2, 0.25) is 11.8 Å². The number of ether oxygens (including phenoxy) is 1. The molecule has 1 aromatic carbocycles. The standard InChI is InChI=1S/C20H18Br2N2O7/c21-17-11-7-12(18(17)22)16-15(11)19(27)23(20(16)28)6-5-14(26)31-8-13(25)9-1-3-10(4-2-9)24(29)30/h1-4,11-12,15-18H,5-8H2/t11-,12-,15-,16-,17-,18+/m0/s1. The molecular formula is C20H18Br2N2O7. The molecule has 3 fully saturated rings. The number of nitro groups is 1. The lowest BCUT2D eigenvalue weighted by molar-refractivity contribution is -0.384. The highest BCUT2D eigenvalue weighted by Crippen LogP contribution is 2.60. The molecule has 0 N–H and O–H groups in total. The van der Waals surface area contributed by atoms with Gasteiger partial charge in [-0.15, -0.1) is 0 Å². The molecule has 0 unspecified atom stereocenters. The zero-order valence-electron chi connectivity index (χ0n) is 16.1. The molecule has 2 aliphatic carbocycles. The number of hydrogen-bond donors (Lipinski definition) is 0. The van der Waals surface area contributed by atoms with Gasteiger partial charge in [-0.05, 0) is 30.4 Å². The second-order valence-corrected chi connectivity index (χ2v) is 10.1. The summed E-state index contributed by atoms with van der Waals surface area (Å²) in [6.07, 6.45) is 0.633. The Kier molecular flexibility index (Phi) is 5.99. The number of carbonyl (C=O) groups is 4. The quantitative estimate of drug-likeness (QED) is 0.126. The van der Waals surface area contributed by atoms with Crippen molar-refractivity contribution in [1.29, 1.82) is 0 Å². The van der Waals surface area contributed by atoms with Crippen molar-refractivity contribution in [3.8, 4) is 0 Å². The zero-order valence-corrected chi connectivity index (χ0v) is 19.3. The molecule has 4 rings (SSSR count). The Hall–Kier alpha value is -2.14. The van der Waals surface area contributed by atoms with Crippen LogP contribution in [0.25, 0.3) is 0 Å². The van der Waals surface area contributed by atoms with Crippen LogP contribution in [-0.4, -0.2) is 56.2 Å². The normalized spacial score (nSPS) is 31.1. The molecule has 31 heavy (non-hydrogen) atoms. The van der Waals surface area contributed by atoms with E-state index in [1.165, 1.54) is 24.3 Å². The number of likely N-dealkylation sites (tertiary alicyclic amines) is 1. The van der Waals surface area contributed by atoms with Crippen LogP contribution in [0.5, 0.6) is 0 Å². The van der Waals surface area contributed by atoms with Crippen LogP contribution >= 0.6 is 31.9 Å². The predicted octanol–water partition coefficient (Wildman–Crippen LogP) is 2.49. The number of amides is 2. The van der Waals surface area contributed by atoms with Crippen molar-refractivity contribution in [3.63, 3.8) is 0 Å². The van der Waals surface area contributed by atoms with Crippen LogP contribution in [0.1, 0.15) is 23.2 Å². The van der Waals surface area contributed by atoms with Gasteiger partial charge in [0, 0.05) is 33.9 Å². The van der Waals surface area contributed by atoms with Gasteiger partial charge < -0.3 is 4.74 Å². The first kappa shape index (κ1) is 22.1. The summed E-state index contributed by atoms with van der Waals surface area (Å²) in [5, 5.41) is 10.7. The van der Waals surface area contributed by atoms with E-state index < -0.39 is 23.3 Å². The largest absolute Gasteiger partial charge is 0.457 e. The number of hydrogen-bond acceptors (Lipinski definition) is 7. The molecule has 2 amide bonds. The minimum Gasteiger partial charge on any atom is -0.457 e. The van der Waals surface area contributed by atoms with E-state index in [0.29, 0.717) is 0 Å². The average molecular weight is 558 g/mol. The summed E-state index contributed by atoms with van der Waals surface area (Å²) in [7, 11) is 0. The van der Waals surface area contributed by atoms with E-state index in [1.54, 1.807) is 0 Å². The molecule has 2 saturated carbocycles. The van der Waals surface area contributed by atoms with Gasteiger partial charge in [-0.1, -0.05) is 31.9 Å². The molecule has 11 heteroatoms. The third-order valence-corrected chi connectivity index (χ3v) is 9.59. The predicted molar refractivity (Wildman–Crippen MR) is 114 cm³/mol. The van der Waals surface area contributed by atoms with Gasteiger partial charge in [0.25, 0.3) is 5.69 Å². The second kappa shape index (κ2) is 8.42. The number of ketones is 1. The van der Waals surface area contributed by atoms with Gasteiger partial charge in [-0.3, -0.25) is 34.2 Å². The Morgan fingerprint density at radius 2 is 1.61 bits per heavy atom. The molecule has 1 aliphatic heterocycles. The number of alkyl halides is 2. The highest BCUT2D eigenvalue weighted by atomic mass is 79.9. The van der Waals surface area contributed by atoms with Gasteiger partial charge in [0.1, 0.15) is 0 Å². The summed E-state index contributed by atoms with van der Waals surface area (Å²) in [6.45, 7) is -0.598. The van der Waals surface area contributed by atoms with E-state index in [2.05, 4.69) is 31.9 Å². The molecule has 1 heterocycles. The number of nitro benzene ring substituents is 1. The van der Waals surface area contributed by atoms with E-state index in [9.17, 15) is 29.3 Å². The van der Waals surface area contributed by atoms with Crippen molar-refractivity contribution in [2.75, 3.05) is 13.2 Å². The molecule has 0 spiro atoms. The fraction of sp³-hybridized carbons (Fsp3) is 0.500. The molecule has 6 atom stereocenters. The summed E-state index contributed by atoms with van der Waals surface area (Å²) in [5.74, 6) is -2.14. The fourth-order valence-corrected chi connectivity index (χ4v) is 6.78. The Morgan fingerprint density at radius 3 is 2.13 bits per heavy atom. The first-order valence-electron chi connectivity index (χ1n) is 9.77. The molecule has 3 aliphatic rings. The van der Waals surface area contributed by atoms with Gasteiger partial charge in [0.15, 0.2) is 12.4 Å². The topological polar surface area (TPSA) is 124 Å². The number of carbonyl (C=O) groups excluding carboxylic acids is 4. The molecule has 2 bridgehead atoms. The summed E-state index contributed by atoms with van der Waals surface area (Å²) >= 11 is 7.25. The minimum absolute atomic E-state index is 0.0748. The Morgan fingerprint density at radius 1 is 1.06 bits per heavy atom. The number of esters is 1. The average Bonchev–Trinajstić information content (AvgIpc) is 3.35. The number of benzene rings is 1. The molecule has 9 nitrogen and oxygen atoms in total. The maximum absolute atomic E-state index is 12.8. The van der Waals surface area contributed by atoms with Crippen LogP contribution < -0.4 is 0 Å². The smallest absolute Gasteiger partial charge is 0.308 e. The van der Waals surface area contributed by atoms with Crippen molar-refractivity contribution in [2.45, 2.75) is 22.5 Å². The molecular weight excluding hydrogens is 540 g/mol. The van der Waals surface area contributed by atoms with Crippen LogP contribution in [0.15, 0.2) is 24.3 Å². The lowest BCUT2D eigenvalue weighted by Crippen LogP contribution is -2.37. The van der Waals surface area contributed by atoms with Crippen LogP contribution in [-0.2, 0) is 19.1 Å². The maximum Gasteiger partial charge on any atom is 0.308 e. The van der Waals surface area contributed by atoms with Crippen molar-refractivity contribution < 1.29 is 28.8 Å². The fourth-order valence-electron chi connectivity index (χ4n) is 4.90. The van der Waals surface area contributed by atoms with Crippen molar-refractivity contribution in [3.05, 3.63) is 39.9 Å². The van der Waals surface area contributed by atoms with Gasteiger partial charge >= 0.3 is 5.97 Å². The Bertz CT molecular complexity index is 935. The lowest BCUT2D eigenvalue weighted by Gasteiger charge is -2.28. The molecule has 164 valence electrons. The number of rotatable bonds is 7. The highest BCUT2D eigenvalue weighted by molar-refractivity contribution is 9.12. The molecule has 0 radical (unpaired) electrons. The molecule has 0 aromatic heterocycles. The number of nitrogens with zero attached hydrogens (tertiary/aromatic N) is 2. The summed E-state index contributed by atoms with van der Waals surface area (Å²) in [5.41, 5.74) is 0.0319. The van der Waals surface area contributed by atoms with Crippen LogP contribution in [0, 0.1) is 33.8 Å². The highest BCUT2D eigenvalue weighted by Gasteiger charge is 2.66.